The van der Waals surface area contributed by atoms with Crippen molar-refractivity contribution in [3.63, 3.8) is 0 Å². The first-order chi connectivity index (χ1) is 12.7. The molecular formula is C19H20BrN3O3S. The number of para-hydroxylation sites is 2. The second-order valence-electron chi connectivity index (χ2n) is 6.55. The molecule has 0 aliphatic rings. The third kappa shape index (κ3) is 4.95. The highest BCUT2D eigenvalue weighted by atomic mass is 79.9. The summed E-state index contributed by atoms with van der Waals surface area (Å²) in [7, 11) is -1.53. The summed E-state index contributed by atoms with van der Waals surface area (Å²) in [4.78, 5) is 18.8. The number of carbonyl (C=O) groups is 1. The fourth-order valence-electron chi connectivity index (χ4n) is 2.85. The second-order valence-corrected chi connectivity index (χ2v) is 9.61. The van der Waals surface area contributed by atoms with E-state index in [2.05, 4.69) is 20.9 Å². The first-order valence-electron chi connectivity index (χ1n) is 8.33. The van der Waals surface area contributed by atoms with Crippen LogP contribution in [0.2, 0.25) is 0 Å². The van der Waals surface area contributed by atoms with Crippen LogP contribution in [0.3, 0.4) is 0 Å². The molecule has 142 valence electrons. The van der Waals surface area contributed by atoms with E-state index in [0.717, 1.165) is 21.8 Å². The molecule has 8 heteroatoms. The Labute approximate surface area is 166 Å². The summed E-state index contributed by atoms with van der Waals surface area (Å²) in [6.45, 7) is 0.512. The molecule has 1 heterocycles. The molecule has 1 aromatic heterocycles. The lowest BCUT2D eigenvalue weighted by molar-refractivity contribution is -0.131. The van der Waals surface area contributed by atoms with Crippen molar-refractivity contribution in [1.82, 2.24) is 14.5 Å². The molecule has 0 saturated carbocycles. The van der Waals surface area contributed by atoms with E-state index < -0.39 is 9.84 Å². The molecule has 0 fully saturated rings. The maximum atomic E-state index is 12.8. The summed E-state index contributed by atoms with van der Waals surface area (Å²) in [5.41, 5.74) is 2.45. The van der Waals surface area contributed by atoms with Gasteiger partial charge in [0.05, 0.1) is 11.0 Å². The number of hydrogen-bond acceptors (Lipinski definition) is 4. The van der Waals surface area contributed by atoms with Crippen LogP contribution in [0.1, 0.15) is 11.4 Å². The van der Waals surface area contributed by atoms with E-state index in [0.29, 0.717) is 17.9 Å². The summed E-state index contributed by atoms with van der Waals surface area (Å²) in [6.07, 6.45) is 1.16. The maximum Gasteiger partial charge on any atom is 0.242 e. The van der Waals surface area contributed by atoms with Gasteiger partial charge in [0.1, 0.15) is 18.1 Å². The average molecular weight is 450 g/mol. The molecule has 0 aliphatic carbocycles. The van der Waals surface area contributed by atoms with Gasteiger partial charge in [-0.2, -0.15) is 0 Å². The highest BCUT2D eigenvalue weighted by Crippen LogP contribution is 2.18. The zero-order valence-electron chi connectivity index (χ0n) is 15.1. The number of halogens is 1. The van der Waals surface area contributed by atoms with Crippen LogP contribution in [-0.2, 0) is 33.5 Å². The van der Waals surface area contributed by atoms with Crippen molar-refractivity contribution in [1.29, 1.82) is 0 Å². The summed E-state index contributed by atoms with van der Waals surface area (Å²) < 4.78 is 26.2. The normalized spacial score (nSPS) is 11.7. The van der Waals surface area contributed by atoms with E-state index >= 15 is 0 Å². The molecule has 0 bridgehead atoms. The van der Waals surface area contributed by atoms with Crippen LogP contribution >= 0.6 is 15.9 Å². The number of amides is 1. The molecule has 3 rings (SSSR count). The Kier molecular flexibility index (Phi) is 5.67. The number of aromatic nitrogens is 2. The molecule has 0 spiro atoms. The highest BCUT2D eigenvalue weighted by molar-refractivity contribution is 9.10. The minimum atomic E-state index is -3.27. The first-order valence-corrected chi connectivity index (χ1v) is 11.2. The fourth-order valence-corrected chi connectivity index (χ4v) is 3.81. The largest absolute Gasteiger partial charge is 0.340 e. The van der Waals surface area contributed by atoms with Crippen molar-refractivity contribution in [2.24, 2.45) is 0 Å². The van der Waals surface area contributed by atoms with E-state index in [1.54, 1.807) is 16.5 Å². The molecule has 0 saturated heterocycles. The zero-order valence-corrected chi connectivity index (χ0v) is 17.5. The van der Waals surface area contributed by atoms with Gasteiger partial charge in [-0.05, 0) is 29.8 Å². The molecule has 1 amide bonds. The first kappa shape index (κ1) is 19.6. The quantitative estimate of drug-likeness (QED) is 0.579. The zero-order chi connectivity index (χ0) is 19.6. The molecule has 0 aliphatic heterocycles. The molecule has 0 atom stereocenters. The SMILES string of the molecule is CN(Cc1ccc(Br)cc1)C(=O)Cn1c(CS(C)(=O)=O)nc2ccccc21. The number of likely N-dealkylation sites (N-methyl/N-ethyl adjacent to an activating group) is 1. The summed E-state index contributed by atoms with van der Waals surface area (Å²) >= 11 is 3.40. The standard InChI is InChI=1S/C19H20BrN3O3S/c1-22(11-14-7-9-15(20)10-8-14)19(24)12-23-17-6-4-3-5-16(17)21-18(23)13-27(2,25)26/h3-10H,11-13H2,1-2H3. The number of fused-ring (bicyclic) bond motifs is 1. The number of benzene rings is 2. The maximum absolute atomic E-state index is 12.8. The van der Waals surface area contributed by atoms with Crippen molar-refractivity contribution in [3.8, 4) is 0 Å². The van der Waals surface area contributed by atoms with Gasteiger partial charge >= 0.3 is 0 Å². The number of sulfone groups is 1. The van der Waals surface area contributed by atoms with Gasteiger partial charge in [0.25, 0.3) is 0 Å². The predicted molar refractivity (Wildman–Crippen MR) is 109 cm³/mol. The van der Waals surface area contributed by atoms with Crippen LogP contribution in [-0.4, -0.2) is 42.1 Å². The molecule has 2 aromatic carbocycles. The highest BCUT2D eigenvalue weighted by Gasteiger charge is 2.19. The van der Waals surface area contributed by atoms with Crippen molar-refractivity contribution in [2.45, 2.75) is 18.8 Å². The van der Waals surface area contributed by atoms with Gasteiger partial charge in [-0.15, -0.1) is 0 Å². The van der Waals surface area contributed by atoms with Crippen molar-refractivity contribution < 1.29 is 13.2 Å². The predicted octanol–water partition coefficient (Wildman–Crippen LogP) is 3.00. The van der Waals surface area contributed by atoms with Gasteiger partial charge < -0.3 is 9.47 Å². The minimum absolute atomic E-state index is 0.0401. The van der Waals surface area contributed by atoms with Gasteiger partial charge in [0, 0.05) is 24.3 Å². The number of carbonyl (C=O) groups excluding carboxylic acids is 1. The lowest BCUT2D eigenvalue weighted by Crippen LogP contribution is -2.30. The number of hydrogen-bond donors (Lipinski definition) is 0. The van der Waals surface area contributed by atoms with Gasteiger partial charge in [0.2, 0.25) is 5.91 Å². The Morgan fingerprint density at radius 1 is 1.15 bits per heavy atom. The van der Waals surface area contributed by atoms with E-state index in [1.165, 1.54) is 0 Å². The molecule has 0 unspecified atom stereocenters. The average Bonchev–Trinajstić information content (AvgIpc) is 2.92. The molecule has 6 nitrogen and oxygen atoms in total. The molecule has 0 radical (unpaired) electrons. The summed E-state index contributed by atoms with van der Waals surface area (Å²) in [5.74, 6) is 0.0608. The van der Waals surface area contributed by atoms with Crippen LogP contribution in [0.25, 0.3) is 11.0 Å². The molecular weight excluding hydrogens is 430 g/mol. The summed E-state index contributed by atoms with van der Waals surface area (Å²) in [6, 6.07) is 15.1. The summed E-state index contributed by atoms with van der Waals surface area (Å²) in [5, 5.41) is 0. The van der Waals surface area contributed by atoms with E-state index in [9.17, 15) is 13.2 Å². The third-order valence-corrected chi connectivity index (χ3v) is 5.49. The van der Waals surface area contributed by atoms with Gasteiger partial charge in [-0.25, -0.2) is 13.4 Å². The Morgan fingerprint density at radius 2 is 1.81 bits per heavy atom. The number of rotatable bonds is 6. The minimum Gasteiger partial charge on any atom is -0.340 e. The Bertz CT molecular complexity index is 1080. The lowest BCUT2D eigenvalue weighted by Gasteiger charge is -2.19. The molecule has 27 heavy (non-hydrogen) atoms. The van der Waals surface area contributed by atoms with Crippen molar-refractivity contribution in [3.05, 3.63) is 64.4 Å². The monoisotopic (exact) mass is 449 g/mol. The van der Waals surface area contributed by atoms with Crippen LogP contribution in [0, 0.1) is 0 Å². The topological polar surface area (TPSA) is 72.3 Å². The van der Waals surface area contributed by atoms with Crippen molar-refractivity contribution in [2.75, 3.05) is 13.3 Å². The van der Waals surface area contributed by atoms with Gasteiger partial charge in [0.15, 0.2) is 9.84 Å². The fraction of sp³-hybridized carbons (Fsp3) is 0.263. The third-order valence-electron chi connectivity index (χ3n) is 4.18. The van der Waals surface area contributed by atoms with Gasteiger partial charge in [-0.1, -0.05) is 40.2 Å². The van der Waals surface area contributed by atoms with E-state index in [-0.39, 0.29) is 18.2 Å². The number of nitrogens with zero attached hydrogens (tertiary/aromatic N) is 3. The van der Waals surface area contributed by atoms with Gasteiger partial charge in [-0.3, -0.25) is 4.79 Å². The van der Waals surface area contributed by atoms with Crippen LogP contribution in [0.15, 0.2) is 53.0 Å². The molecule has 0 N–H and O–H groups in total. The number of imidazole rings is 1. The van der Waals surface area contributed by atoms with Crippen LogP contribution in [0.5, 0.6) is 0 Å². The Hall–Kier alpha value is -2.19. The van der Waals surface area contributed by atoms with E-state index in [1.807, 2.05) is 48.5 Å². The van der Waals surface area contributed by atoms with Crippen LogP contribution in [0.4, 0.5) is 0 Å². The van der Waals surface area contributed by atoms with E-state index in [4.69, 9.17) is 0 Å². The Balaban J connectivity index is 1.84. The smallest absolute Gasteiger partial charge is 0.242 e. The lowest BCUT2D eigenvalue weighted by atomic mass is 10.2. The van der Waals surface area contributed by atoms with Crippen molar-refractivity contribution >= 4 is 42.7 Å². The Morgan fingerprint density at radius 3 is 2.48 bits per heavy atom. The molecule has 3 aromatic rings. The second kappa shape index (κ2) is 7.82. The van der Waals surface area contributed by atoms with Crippen LogP contribution < -0.4 is 0 Å².